The number of Topliss-reactive ketones (excluding diaryl/α,β-unsaturated/α-hetero) is 1. The topological polar surface area (TPSA) is 54.5 Å². The fourth-order valence-corrected chi connectivity index (χ4v) is 4.23. The van der Waals surface area contributed by atoms with Crippen molar-refractivity contribution >= 4 is 15.6 Å². The molecular formula is C14H17F2NO3S. The van der Waals surface area contributed by atoms with Gasteiger partial charge in [0.25, 0.3) is 0 Å². The molecule has 0 aliphatic carbocycles. The number of hydrogen-bond acceptors (Lipinski definition) is 4. The second kappa shape index (κ2) is 5.81. The van der Waals surface area contributed by atoms with Crippen LogP contribution in [0, 0.1) is 11.6 Å². The average molecular weight is 317 g/mol. The Morgan fingerprint density at radius 1 is 1.38 bits per heavy atom. The molecule has 116 valence electrons. The Morgan fingerprint density at radius 2 is 2.05 bits per heavy atom. The Bertz CT molecular complexity index is 660. The minimum Gasteiger partial charge on any atom is -0.292 e. The van der Waals surface area contributed by atoms with Gasteiger partial charge in [0.15, 0.2) is 15.6 Å². The van der Waals surface area contributed by atoms with E-state index in [-0.39, 0.29) is 29.7 Å². The van der Waals surface area contributed by atoms with Gasteiger partial charge in [0, 0.05) is 18.7 Å². The maximum atomic E-state index is 13.7. The molecule has 21 heavy (non-hydrogen) atoms. The SMILES string of the molecule is CC1CS(=O)(=O)CCN1C(C)C(=O)c1ccc(F)cc1F. The van der Waals surface area contributed by atoms with Crippen LogP contribution in [0.3, 0.4) is 0 Å². The zero-order chi connectivity index (χ0) is 15.8. The van der Waals surface area contributed by atoms with Crippen molar-refractivity contribution < 1.29 is 22.0 Å². The van der Waals surface area contributed by atoms with E-state index in [2.05, 4.69) is 0 Å². The molecule has 1 aliphatic rings. The summed E-state index contributed by atoms with van der Waals surface area (Å²) >= 11 is 0. The molecule has 1 aromatic rings. The van der Waals surface area contributed by atoms with Crippen LogP contribution >= 0.6 is 0 Å². The molecule has 2 atom stereocenters. The second-order valence-electron chi connectivity index (χ2n) is 5.37. The number of carbonyl (C=O) groups excluding carboxylic acids is 1. The van der Waals surface area contributed by atoms with Crippen molar-refractivity contribution in [3.8, 4) is 0 Å². The highest BCUT2D eigenvalue weighted by Gasteiger charge is 2.34. The van der Waals surface area contributed by atoms with Crippen molar-refractivity contribution in [1.82, 2.24) is 4.90 Å². The van der Waals surface area contributed by atoms with Crippen molar-refractivity contribution in [2.75, 3.05) is 18.1 Å². The lowest BCUT2D eigenvalue weighted by Crippen LogP contribution is -2.53. The molecule has 0 radical (unpaired) electrons. The molecule has 1 aromatic carbocycles. The van der Waals surface area contributed by atoms with Gasteiger partial charge < -0.3 is 0 Å². The number of nitrogens with zero attached hydrogens (tertiary/aromatic N) is 1. The molecule has 7 heteroatoms. The highest BCUT2D eigenvalue weighted by molar-refractivity contribution is 7.91. The van der Waals surface area contributed by atoms with Gasteiger partial charge in [-0.05, 0) is 26.0 Å². The van der Waals surface area contributed by atoms with E-state index in [0.29, 0.717) is 6.07 Å². The van der Waals surface area contributed by atoms with Crippen LogP contribution in [0.25, 0.3) is 0 Å². The van der Waals surface area contributed by atoms with Crippen LogP contribution < -0.4 is 0 Å². The molecule has 0 amide bonds. The van der Waals surface area contributed by atoms with Gasteiger partial charge in [-0.3, -0.25) is 9.69 Å². The quantitative estimate of drug-likeness (QED) is 0.796. The van der Waals surface area contributed by atoms with Gasteiger partial charge in [0.1, 0.15) is 11.6 Å². The first kappa shape index (κ1) is 16.0. The normalized spacial score (nSPS) is 23.7. The molecule has 1 aliphatic heterocycles. The number of benzene rings is 1. The van der Waals surface area contributed by atoms with E-state index in [4.69, 9.17) is 0 Å². The molecule has 0 spiro atoms. The first-order chi connectivity index (χ1) is 9.71. The van der Waals surface area contributed by atoms with E-state index in [1.54, 1.807) is 18.7 Å². The van der Waals surface area contributed by atoms with Crippen LogP contribution in [-0.4, -0.2) is 49.2 Å². The van der Waals surface area contributed by atoms with Crippen LogP contribution in [0.2, 0.25) is 0 Å². The Kier molecular flexibility index (Phi) is 4.43. The number of ketones is 1. The largest absolute Gasteiger partial charge is 0.292 e. The lowest BCUT2D eigenvalue weighted by atomic mass is 10.0. The molecular weight excluding hydrogens is 300 g/mol. The summed E-state index contributed by atoms with van der Waals surface area (Å²) in [6.45, 7) is 3.57. The molecule has 0 aromatic heterocycles. The Hall–Kier alpha value is -1.34. The predicted molar refractivity (Wildman–Crippen MR) is 75.0 cm³/mol. The second-order valence-corrected chi connectivity index (χ2v) is 7.59. The highest BCUT2D eigenvalue weighted by atomic mass is 32.2. The maximum Gasteiger partial charge on any atom is 0.182 e. The van der Waals surface area contributed by atoms with E-state index < -0.39 is 33.3 Å². The summed E-state index contributed by atoms with van der Waals surface area (Å²) in [5.74, 6) is -2.14. The van der Waals surface area contributed by atoms with E-state index >= 15 is 0 Å². The number of sulfone groups is 1. The predicted octanol–water partition coefficient (Wildman–Crippen LogP) is 1.65. The monoisotopic (exact) mass is 317 g/mol. The van der Waals surface area contributed by atoms with Gasteiger partial charge in [-0.1, -0.05) is 0 Å². The third-order valence-electron chi connectivity index (χ3n) is 3.80. The zero-order valence-electron chi connectivity index (χ0n) is 11.8. The third kappa shape index (κ3) is 3.47. The number of hydrogen-bond donors (Lipinski definition) is 0. The smallest absolute Gasteiger partial charge is 0.182 e. The van der Waals surface area contributed by atoms with Gasteiger partial charge in [-0.2, -0.15) is 0 Å². The molecule has 1 saturated heterocycles. The van der Waals surface area contributed by atoms with Crippen molar-refractivity contribution in [2.24, 2.45) is 0 Å². The summed E-state index contributed by atoms with van der Waals surface area (Å²) < 4.78 is 49.7. The lowest BCUT2D eigenvalue weighted by Gasteiger charge is -2.36. The molecule has 4 nitrogen and oxygen atoms in total. The number of carbonyl (C=O) groups is 1. The van der Waals surface area contributed by atoms with Crippen LogP contribution in [0.1, 0.15) is 24.2 Å². The molecule has 2 rings (SSSR count). The summed E-state index contributed by atoms with van der Waals surface area (Å²) in [7, 11) is -3.08. The minimum atomic E-state index is -3.08. The van der Waals surface area contributed by atoms with Gasteiger partial charge in [0.2, 0.25) is 0 Å². The summed E-state index contributed by atoms with van der Waals surface area (Å²) in [5, 5.41) is 0. The zero-order valence-corrected chi connectivity index (χ0v) is 12.7. The summed E-state index contributed by atoms with van der Waals surface area (Å²) in [4.78, 5) is 14.1. The van der Waals surface area contributed by atoms with Gasteiger partial charge >= 0.3 is 0 Å². The van der Waals surface area contributed by atoms with Crippen LogP contribution in [-0.2, 0) is 9.84 Å². The van der Waals surface area contributed by atoms with Gasteiger partial charge in [-0.15, -0.1) is 0 Å². The van der Waals surface area contributed by atoms with Crippen molar-refractivity contribution in [3.63, 3.8) is 0 Å². The fraction of sp³-hybridized carbons (Fsp3) is 0.500. The highest BCUT2D eigenvalue weighted by Crippen LogP contribution is 2.19. The molecule has 0 saturated carbocycles. The summed E-state index contributed by atoms with van der Waals surface area (Å²) in [6.07, 6.45) is 0. The number of rotatable bonds is 3. The van der Waals surface area contributed by atoms with E-state index in [1.807, 2.05) is 0 Å². The molecule has 1 fully saturated rings. The maximum absolute atomic E-state index is 13.7. The van der Waals surface area contributed by atoms with Crippen LogP contribution in [0.5, 0.6) is 0 Å². The van der Waals surface area contributed by atoms with Crippen LogP contribution in [0.15, 0.2) is 18.2 Å². The fourth-order valence-electron chi connectivity index (χ4n) is 2.65. The standard InChI is InChI=1S/C14H17F2NO3S/c1-9-8-21(19,20)6-5-17(9)10(2)14(18)12-4-3-11(15)7-13(12)16/h3-4,7,9-10H,5-6,8H2,1-2H3. The average Bonchev–Trinajstić information content (AvgIpc) is 2.36. The van der Waals surface area contributed by atoms with E-state index in [1.165, 1.54) is 0 Å². The van der Waals surface area contributed by atoms with Gasteiger partial charge in [0.05, 0.1) is 23.1 Å². The lowest BCUT2D eigenvalue weighted by molar-refractivity contribution is 0.0790. The van der Waals surface area contributed by atoms with Crippen molar-refractivity contribution in [3.05, 3.63) is 35.4 Å². The summed E-state index contributed by atoms with van der Waals surface area (Å²) in [6, 6.07) is 1.85. The van der Waals surface area contributed by atoms with Crippen molar-refractivity contribution in [2.45, 2.75) is 25.9 Å². The first-order valence-electron chi connectivity index (χ1n) is 6.67. The van der Waals surface area contributed by atoms with Gasteiger partial charge in [-0.25, -0.2) is 17.2 Å². The van der Waals surface area contributed by atoms with Crippen LogP contribution in [0.4, 0.5) is 8.78 Å². The minimum absolute atomic E-state index is 0.0130. The Balaban J connectivity index is 2.20. The third-order valence-corrected chi connectivity index (χ3v) is 5.59. The molecule has 2 unspecified atom stereocenters. The molecule has 0 bridgehead atoms. The molecule has 0 N–H and O–H groups in total. The summed E-state index contributed by atoms with van der Waals surface area (Å²) in [5.41, 5.74) is -0.176. The van der Waals surface area contributed by atoms with E-state index in [9.17, 15) is 22.0 Å². The molecule has 1 heterocycles. The van der Waals surface area contributed by atoms with Crippen molar-refractivity contribution in [1.29, 1.82) is 0 Å². The number of halogens is 2. The van der Waals surface area contributed by atoms with E-state index in [0.717, 1.165) is 12.1 Å². The Morgan fingerprint density at radius 3 is 2.62 bits per heavy atom. The first-order valence-corrected chi connectivity index (χ1v) is 8.49. The Labute approximate surface area is 122 Å².